The number of nitrogens with one attached hydrogen (secondary N) is 1. The lowest BCUT2D eigenvalue weighted by Gasteiger charge is -2.10. The zero-order chi connectivity index (χ0) is 24.3. The summed E-state index contributed by atoms with van der Waals surface area (Å²) in [6, 6.07) is 12.4. The topological polar surface area (TPSA) is 92.5 Å². The summed E-state index contributed by atoms with van der Waals surface area (Å²) in [6.07, 6.45) is -0.934. The number of hydrogen-bond acceptors (Lipinski definition) is 4. The number of H-pyrrole nitrogens is 1. The number of carboxylic acid groups (broad SMARTS) is 1. The third-order valence-corrected chi connectivity index (χ3v) is 4.70. The molecule has 0 unspecified atom stereocenters. The van der Waals surface area contributed by atoms with Crippen molar-refractivity contribution in [2.75, 3.05) is 0 Å². The largest absolute Gasteiger partial charge is 0.491 e. The van der Waals surface area contributed by atoms with Gasteiger partial charge in [-0.15, -0.1) is 0 Å². The summed E-state index contributed by atoms with van der Waals surface area (Å²) in [5.41, 5.74) is 7.38. The van der Waals surface area contributed by atoms with Crippen LogP contribution in [0.15, 0.2) is 48.8 Å². The van der Waals surface area contributed by atoms with Gasteiger partial charge in [0.2, 0.25) is 0 Å². The summed E-state index contributed by atoms with van der Waals surface area (Å²) in [4.78, 5) is 13.5. The molecule has 0 aliphatic heterocycles. The van der Waals surface area contributed by atoms with Crippen LogP contribution in [0.1, 0.15) is 25.2 Å². The van der Waals surface area contributed by atoms with Crippen LogP contribution in [0.25, 0.3) is 28.0 Å². The number of halogens is 3. The summed E-state index contributed by atoms with van der Waals surface area (Å²) in [6.45, 7) is 8.10. The summed E-state index contributed by atoms with van der Waals surface area (Å²) >= 11 is 0. The number of alkyl halides is 3. The molecule has 0 amide bonds. The molecular formula is C23H23F3N4O3. The van der Waals surface area contributed by atoms with Crippen LogP contribution in [-0.2, 0) is 4.79 Å². The lowest BCUT2D eigenvalue weighted by atomic mass is 10.1. The molecule has 0 fully saturated rings. The quantitative estimate of drug-likeness (QED) is 0.424. The highest BCUT2D eigenvalue weighted by Gasteiger charge is 2.38. The molecule has 174 valence electrons. The zero-order valence-electron chi connectivity index (χ0n) is 18.4. The van der Waals surface area contributed by atoms with E-state index in [1.54, 1.807) is 0 Å². The molecule has 10 heteroatoms. The monoisotopic (exact) mass is 460 g/mol. The molecule has 1 aromatic carbocycles. The highest BCUT2D eigenvalue weighted by atomic mass is 19.4. The van der Waals surface area contributed by atoms with Crippen LogP contribution in [0.3, 0.4) is 0 Å². The number of aryl methyl sites for hydroxylation is 2. The average molecular weight is 460 g/mol. The van der Waals surface area contributed by atoms with Gasteiger partial charge in [-0.3, -0.25) is 9.50 Å². The van der Waals surface area contributed by atoms with E-state index in [4.69, 9.17) is 14.6 Å². The average Bonchev–Trinajstić information content (AvgIpc) is 3.29. The van der Waals surface area contributed by atoms with Gasteiger partial charge in [0.25, 0.3) is 0 Å². The summed E-state index contributed by atoms with van der Waals surface area (Å²) in [5.74, 6) is -1.87. The number of carboxylic acids is 1. The molecule has 0 bridgehead atoms. The number of fused-ring (bicyclic) bond motifs is 1. The number of carbonyl (C=O) groups is 1. The molecule has 0 spiro atoms. The normalized spacial score (nSPS) is 11.4. The van der Waals surface area contributed by atoms with Gasteiger partial charge in [0, 0.05) is 17.5 Å². The zero-order valence-corrected chi connectivity index (χ0v) is 18.4. The van der Waals surface area contributed by atoms with Crippen LogP contribution in [0.2, 0.25) is 0 Å². The summed E-state index contributed by atoms with van der Waals surface area (Å²) in [5, 5.41) is 14.5. The van der Waals surface area contributed by atoms with Crippen LogP contribution in [0.5, 0.6) is 5.75 Å². The van der Waals surface area contributed by atoms with Crippen molar-refractivity contribution in [2.24, 2.45) is 0 Å². The Labute approximate surface area is 187 Å². The van der Waals surface area contributed by atoms with Crippen molar-refractivity contribution in [3.63, 3.8) is 0 Å². The predicted octanol–water partition coefficient (Wildman–Crippen LogP) is 5.43. The second kappa shape index (κ2) is 9.35. The predicted molar refractivity (Wildman–Crippen MR) is 117 cm³/mol. The smallest absolute Gasteiger partial charge is 0.490 e. The maximum atomic E-state index is 10.6. The second-order valence-electron chi connectivity index (χ2n) is 7.59. The van der Waals surface area contributed by atoms with Crippen molar-refractivity contribution >= 4 is 11.6 Å². The maximum absolute atomic E-state index is 10.6. The number of aliphatic carboxylic acids is 1. The lowest BCUT2D eigenvalue weighted by molar-refractivity contribution is -0.192. The molecule has 3 aromatic heterocycles. The molecule has 0 saturated carbocycles. The van der Waals surface area contributed by atoms with E-state index in [-0.39, 0.29) is 6.10 Å². The summed E-state index contributed by atoms with van der Waals surface area (Å²) in [7, 11) is 0. The highest BCUT2D eigenvalue weighted by Crippen LogP contribution is 2.29. The number of rotatable bonds is 4. The van der Waals surface area contributed by atoms with Gasteiger partial charge in [-0.05, 0) is 63.1 Å². The molecule has 0 saturated heterocycles. The first kappa shape index (κ1) is 23.8. The van der Waals surface area contributed by atoms with E-state index >= 15 is 0 Å². The Morgan fingerprint density at radius 2 is 1.76 bits per heavy atom. The Kier molecular flexibility index (Phi) is 6.75. The Hall–Kier alpha value is -3.82. The van der Waals surface area contributed by atoms with Crippen molar-refractivity contribution in [1.29, 1.82) is 0 Å². The van der Waals surface area contributed by atoms with Gasteiger partial charge in [-0.2, -0.15) is 18.3 Å². The van der Waals surface area contributed by atoms with Crippen LogP contribution in [-0.4, -0.2) is 42.9 Å². The number of benzene rings is 1. The third kappa shape index (κ3) is 5.51. The van der Waals surface area contributed by atoms with Gasteiger partial charge >= 0.3 is 12.1 Å². The van der Waals surface area contributed by atoms with E-state index in [1.165, 1.54) is 0 Å². The number of aromatic amines is 1. The molecule has 2 N–H and O–H groups in total. The van der Waals surface area contributed by atoms with Crippen molar-refractivity contribution < 1.29 is 27.8 Å². The van der Waals surface area contributed by atoms with Crippen LogP contribution >= 0.6 is 0 Å². The number of imidazole rings is 1. The number of nitrogens with zero attached hydrogens (tertiary/aromatic N) is 3. The van der Waals surface area contributed by atoms with Crippen LogP contribution in [0.4, 0.5) is 13.2 Å². The van der Waals surface area contributed by atoms with E-state index in [1.807, 2.05) is 46.0 Å². The first-order valence-electron chi connectivity index (χ1n) is 10.0. The van der Waals surface area contributed by atoms with E-state index < -0.39 is 12.1 Å². The van der Waals surface area contributed by atoms with Gasteiger partial charge in [0.15, 0.2) is 0 Å². The summed E-state index contributed by atoms with van der Waals surface area (Å²) < 4.78 is 39.6. The van der Waals surface area contributed by atoms with Gasteiger partial charge < -0.3 is 9.84 Å². The minimum atomic E-state index is -5.08. The van der Waals surface area contributed by atoms with Gasteiger partial charge in [-0.25, -0.2) is 9.78 Å². The van der Waals surface area contributed by atoms with Crippen molar-refractivity contribution in [3.05, 3.63) is 60.2 Å². The molecule has 33 heavy (non-hydrogen) atoms. The van der Waals surface area contributed by atoms with Crippen molar-refractivity contribution in [3.8, 4) is 28.1 Å². The van der Waals surface area contributed by atoms with E-state index in [0.717, 1.165) is 45.2 Å². The fourth-order valence-electron chi connectivity index (χ4n) is 3.27. The molecule has 0 atom stereocenters. The second-order valence-corrected chi connectivity index (χ2v) is 7.59. The molecule has 0 radical (unpaired) electrons. The first-order valence-corrected chi connectivity index (χ1v) is 10.0. The Morgan fingerprint density at radius 1 is 1.12 bits per heavy atom. The van der Waals surface area contributed by atoms with Crippen molar-refractivity contribution in [2.45, 2.75) is 40.0 Å². The third-order valence-electron chi connectivity index (χ3n) is 4.70. The molecule has 0 aliphatic rings. The maximum Gasteiger partial charge on any atom is 0.490 e. The van der Waals surface area contributed by atoms with E-state index in [0.29, 0.717) is 0 Å². The molecule has 0 aliphatic carbocycles. The van der Waals surface area contributed by atoms with E-state index in [9.17, 15) is 13.2 Å². The number of aromatic nitrogens is 4. The number of ether oxygens (including phenoxy) is 1. The van der Waals surface area contributed by atoms with E-state index in [2.05, 4.69) is 50.0 Å². The first-order chi connectivity index (χ1) is 15.5. The number of hydrogen-bond donors (Lipinski definition) is 2. The molecule has 4 aromatic rings. The standard InChI is InChI=1S/C21H22N4O.C2HF3O2/c1-13(2)26-18-7-5-16(6-8-18)17-9-10-25-19(12-22-20(25)11-17)21-14(3)23-24-15(21)4;3-2(4,5)1(6)7/h5-13H,1-4H3,(H,23,24);(H,6,7). The Balaban J connectivity index is 0.000000383. The fourth-order valence-corrected chi connectivity index (χ4v) is 3.27. The van der Waals surface area contributed by atoms with Gasteiger partial charge in [0.05, 0.1) is 23.7 Å². The Morgan fingerprint density at radius 3 is 2.27 bits per heavy atom. The SMILES string of the molecule is Cc1n[nH]c(C)c1-c1cnc2cc(-c3ccc(OC(C)C)cc3)ccn12.O=C(O)C(F)(F)F. The molecule has 3 heterocycles. The lowest BCUT2D eigenvalue weighted by Crippen LogP contribution is -2.21. The Bertz CT molecular complexity index is 1240. The van der Waals surface area contributed by atoms with Gasteiger partial charge in [-0.1, -0.05) is 12.1 Å². The van der Waals surface area contributed by atoms with Gasteiger partial charge in [0.1, 0.15) is 11.4 Å². The fraction of sp³-hybridized carbons (Fsp3) is 0.261. The number of pyridine rings is 1. The highest BCUT2D eigenvalue weighted by molar-refractivity contribution is 5.73. The van der Waals surface area contributed by atoms with Crippen molar-refractivity contribution in [1.82, 2.24) is 19.6 Å². The molecular weight excluding hydrogens is 437 g/mol. The van der Waals surface area contributed by atoms with Crippen LogP contribution < -0.4 is 4.74 Å². The minimum Gasteiger partial charge on any atom is -0.491 e. The van der Waals surface area contributed by atoms with Crippen LogP contribution in [0, 0.1) is 13.8 Å². The minimum absolute atomic E-state index is 0.176. The molecule has 4 rings (SSSR count). The molecule has 7 nitrogen and oxygen atoms in total.